The van der Waals surface area contributed by atoms with Crippen LogP contribution in [0.25, 0.3) is 11.5 Å². The molecule has 2 heterocycles. The van der Waals surface area contributed by atoms with Crippen molar-refractivity contribution in [3.8, 4) is 11.5 Å². The molecular weight excluding hydrogens is 168 g/mol. The van der Waals surface area contributed by atoms with Crippen molar-refractivity contribution < 1.29 is 4.52 Å². The van der Waals surface area contributed by atoms with E-state index in [1.165, 1.54) is 0 Å². The summed E-state index contributed by atoms with van der Waals surface area (Å²) in [5.41, 5.74) is 6.97. The first-order valence-corrected chi connectivity index (χ1v) is 3.82. The predicted octanol–water partition coefficient (Wildman–Crippen LogP) is 0.590. The van der Waals surface area contributed by atoms with Crippen LogP contribution in [0.3, 0.4) is 0 Å². The quantitative estimate of drug-likeness (QED) is 0.724. The van der Waals surface area contributed by atoms with E-state index in [0.29, 0.717) is 18.0 Å². The maximum atomic E-state index is 5.48. The Morgan fingerprint density at radius 2 is 2.23 bits per heavy atom. The fraction of sp³-hybridized carbons (Fsp3) is 0.125. The molecule has 5 nitrogen and oxygen atoms in total. The fourth-order valence-corrected chi connectivity index (χ4v) is 1.03. The Labute approximate surface area is 74.6 Å². The van der Waals surface area contributed by atoms with Crippen LogP contribution in [-0.4, -0.2) is 15.1 Å². The van der Waals surface area contributed by atoms with Crippen LogP contribution < -0.4 is 5.73 Å². The normalized spacial score (nSPS) is 10.2. The zero-order chi connectivity index (χ0) is 9.10. The minimum Gasteiger partial charge on any atom is -0.354 e. The average molecular weight is 176 g/mol. The van der Waals surface area contributed by atoms with Crippen LogP contribution in [0.15, 0.2) is 29.3 Å². The van der Waals surface area contributed by atoms with E-state index in [1.54, 1.807) is 24.8 Å². The summed E-state index contributed by atoms with van der Waals surface area (Å²) in [6.45, 7) is 0.384. The standard InChI is InChI=1S/C8H8N4O/c9-3-6-4-12-13-8(6)7-5-10-1-2-11-7/h1-2,4-5H,3,9H2. The molecule has 0 bridgehead atoms. The van der Waals surface area contributed by atoms with Crippen molar-refractivity contribution in [3.05, 3.63) is 30.4 Å². The molecular formula is C8H8N4O. The van der Waals surface area contributed by atoms with Crippen molar-refractivity contribution in [1.82, 2.24) is 15.1 Å². The van der Waals surface area contributed by atoms with Gasteiger partial charge in [-0.2, -0.15) is 0 Å². The minimum absolute atomic E-state index is 0.384. The molecule has 2 aromatic rings. The minimum atomic E-state index is 0.384. The van der Waals surface area contributed by atoms with Crippen LogP contribution in [0, 0.1) is 0 Å². The second-order valence-corrected chi connectivity index (χ2v) is 2.47. The van der Waals surface area contributed by atoms with E-state index in [-0.39, 0.29) is 0 Å². The Kier molecular flexibility index (Phi) is 2.01. The molecule has 2 N–H and O–H groups in total. The van der Waals surface area contributed by atoms with Gasteiger partial charge in [0, 0.05) is 24.5 Å². The van der Waals surface area contributed by atoms with Gasteiger partial charge in [-0.15, -0.1) is 0 Å². The maximum absolute atomic E-state index is 5.48. The molecule has 0 saturated heterocycles. The number of nitrogens with zero attached hydrogens (tertiary/aromatic N) is 3. The van der Waals surface area contributed by atoms with Crippen LogP contribution >= 0.6 is 0 Å². The van der Waals surface area contributed by atoms with Gasteiger partial charge in [-0.1, -0.05) is 5.16 Å². The molecule has 0 aliphatic carbocycles. The van der Waals surface area contributed by atoms with Gasteiger partial charge in [-0.25, -0.2) is 4.98 Å². The molecule has 5 heteroatoms. The monoisotopic (exact) mass is 176 g/mol. The van der Waals surface area contributed by atoms with Gasteiger partial charge < -0.3 is 10.3 Å². The first-order chi connectivity index (χ1) is 6.42. The number of rotatable bonds is 2. The maximum Gasteiger partial charge on any atom is 0.191 e. The van der Waals surface area contributed by atoms with Gasteiger partial charge in [0.15, 0.2) is 5.76 Å². The molecule has 0 saturated carbocycles. The molecule has 0 amide bonds. The van der Waals surface area contributed by atoms with Crippen LogP contribution in [0.2, 0.25) is 0 Å². The Hall–Kier alpha value is -1.75. The van der Waals surface area contributed by atoms with Gasteiger partial charge in [-0.3, -0.25) is 4.98 Å². The van der Waals surface area contributed by atoms with Gasteiger partial charge in [0.2, 0.25) is 0 Å². The first-order valence-electron chi connectivity index (χ1n) is 3.82. The summed E-state index contributed by atoms with van der Waals surface area (Å²) in [6.07, 6.45) is 6.39. The molecule has 0 aromatic carbocycles. The fourth-order valence-electron chi connectivity index (χ4n) is 1.03. The Morgan fingerprint density at radius 1 is 1.31 bits per heavy atom. The van der Waals surface area contributed by atoms with Crippen LogP contribution in [0.5, 0.6) is 0 Å². The highest BCUT2D eigenvalue weighted by Gasteiger charge is 2.09. The van der Waals surface area contributed by atoms with E-state index < -0.39 is 0 Å². The summed E-state index contributed by atoms with van der Waals surface area (Å²) in [4.78, 5) is 8.00. The number of nitrogens with two attached hydrogens (primary N) is 1. The van der Waals surface area contributed by atoms with Crippen molar-refractivity contribution >= 4 is 0 Å². The second kappa shape index (κ2) is 3.32. The van der Waals surface area contributed by atoms with E-state index in [9.17, 15) is 0 Å². The first kappa shape index (κ1) is 7.88. The van der Waals surface area contributed by atoms with Crippen molar-refractivity contribution in [2.75, 3.05) is 0 Å². The van der Waals surface area contributed by atoms with E-state index in [2.05, 4.69) is 15.1 Å². The Morgan fingerprint density at radius 3 is 2.92 bits per heavy atom. The lowest BCUT2D eigenvalue weighted by Crippen LogP contribution is -1.96. The third-order valence-electron chi connectivity index (χ3n) is 1.66. The van der Waals surface area contributed by atoms with Crippen LogP contribution in [0.4, 0.5) is 0 Å². The lowest BCUT2D eigenvalue weighted by Gasteiger charge is -1.95. The summed E-state index contributed by atoms with van der Waals surface area (Å²) in [7, 11) is 0. The average Bonchev–Trinajstić information content (AvgIpc) is 2.67. The second-order valence-electron chi connectivity index (χ2n) is 2.47. The molecule has 0 unspecified atom stereocenters. The number of hydrogen-bond donors (Lipinski definition) is 1. The molecule has 0 aliphatic heterocycles. The lowest BCUT2D eigenvalue weighted by molar-refractivity contribution is 0.430. The predicted molar refractivity (Wildman–Crippen MR) is 45.4 cm³/mol. The molecule has 0 atom stereocenters. The molecule has 2 aromatic heterocycles. The largest absolute Gasteiger partial charge is 0.354 e. The van der Waals surface area contributed by atoms with Crippen molar-refractivity contribution in [2.45, 2.75) is 6.54 Å². The number of aromatic nitrogens is 3. The van der Waals surface area contributed by atoms with E-state index >= 15 is 0 Å². The molecule has 66 valence electrons. The third kappa shape index (κ3) is 1.41. The van der Waals surface area contributed by atoms with Crippen molar-refractivity contribution in [2.24, 2.45) is 5.73 Å². The lowest BCUT2D eigenvalue weighted by atomic mass is 10.2. The van der Waals surface area contributed by atoms with Crippen LogP contribution in [0.1, 0.15) is 5.56 Å². The van der Waals surface area contributed by atoms with Gasteiger partial charge in [0.1, 0.15) is 5.69 Å². The van der Waals surface area contributed by atoms with E-state index in [1.807, 2.05) is 0 Å². The van der Waals surface area contributed by atoms with E-state index in [0.717, 1.165) is 5.56 Å². The van der Waals surface area contributed by atoms with Gasteiger partial charge in [0.25, 0.3) is 0 Å². The third-order valence-corrected chi connectivity index (χ3v) is 1.66. The zero-order valence-corrected chi connectivity index (χ0v) is 6.84. The van der Waals surface area contributed by atoms with Gasteiger partial charge >= 0.3 is 0 Å². The molecule has 0 fully saturated rings. The number of hydrogen-bond acceptors (Lipinski definition) is 5. The summed E-state index contributed by atoms with van der Waals surface area (Å²) < 4.78 is 5.01. The summed E-state index contributed by atoms with van der Waals surface area (Å²) in [6, 6.07) is 0. The van der Waals surface area contributed by atoms with Crippen molar-refractivity contribution in [3.63, 3.8) is 0 Å². The Balaban J connectivity index is 2.47. The van der Waals surface area contributed by atoms with Gasteiger partial charge in [0.05, 0.1) is 12.4 Å². The summed E-state index contributed by atoms with van der Waals surface area (Å²) in [5.74, 6) is 0.593. The molecule has 2 rings (SSSR count). The molecule has 0 aliphatic rings. The van der Waals surface area contributed by atoms with Crippen LogP contribution in [-0.2, 0) is 6.54 Å². The smallest absolute Gasteiger partial charge is 0.191 e. The highest BCUT2D eigenvalue weighted by molar-refractivity contribution is 5.54. The summed E-state index contributed by atoms with van der Waals surface area (Å²) in [5, 5.41) is 3.65. The molecule has 0 radical (unpaired) electrons. The zero-order valence-electron chi connectivity index (χ0n) is 6.84. The summed E-state index contributed by atoms with van der Waals surface area (Å²) >= 11 is 0. The molecule has 13 heavy (non-hydrogen) atoms. The van der Waals surface area contributed by atoms with Gasteiger partial charge in [-0.05, 0) is 0 Å². The highest BCUT2D eigenvalue weighted by Crippen LogP contribution is 2.19. The molecule has 0 spiro atoms. The SMILES string of the molecule is NCc1cnoc1-c1cnccn1. The highest BCUT2D eigenvalue weighted by atomic mass is 16.5. The van der Waals surface area contributed by atoms with Crippen molar-refractivity contribution in [1.29, 1.82) is 0 Å². The Bertz CT molecular complexity index is 384. The topological polar surface area (TPSA) is 77.8 Å². The van der Waals surface area contributed by atoms with E-state index in [4.69, 9.17) is 10.3 Å².